The first-order valence-electron chi connectivity index (χ1n) is 22.7. The molecule has 1 aromatic heterocycles. The predicted octanol–water partition coefficient (Wildman–Crippen LogP) is 15.3. The fourth-order valence-corrected chi connectivity index (χ4v) is 15.1. The average molecular weight is 756 g/mol. The van der Waals surface area contributed by atoms with E-state index in [1.807, 2.05) is 0 Å². The van der Waals surface area contributed by atoms with E-state index in [0.717, 1.165) is 46.7 Å². The molecule has 0 N–H and O–H groups in total. The van der Waals surface area contributed by atoms with Crippen LogP contribution in [-0.2, 0) is 10.8 Å². The minimum Gasteiger partial charge on any atom is -0.456 e. The molecule has 0 atom stereocenters. The Morgan fingerprint density at radius 1 is 0.379 bits per heavy atom. The van der Waals surface area contributed by atoms with Gasteiger partial charge in [0.05, 0.1) is 0 Å². The molecule has 7 aromatic rings. The van der Waals surface area contributed by atoms with Gasteiger partial charge >= 0.3 is 0 Å². The third-order valence-corrected chi connectivity index (χ3v) is 16.5. The molecule has 8 bridgehead atoms. The molecular weight excluding hydrogens is 703 g/mol. The third-order valence-electron chi connectivity index (χ3n) is 16.5. The molecule has 1 heterocycles. The van der Waals surface area contributed by atoms with Crippen molar-refractivity contribution in [2.75, 3.05) is 4.90 Å². The van der Waals surface area contributed by atoms with E-state index in [1.165, 1.54) is 127 Å². The van der Waals surface area contributed by atoms with Crippen molar-refractivity contribution in [3.05, 3.63) is 151 Å². The molecule has 0 unspecified atom stereocenters. The summed E-state index contributed by atoms with van der Waals surface area (Å²) in [6.45, 7) is 0. The van der Waals surface area contributed by atoms with Gasteiger partial charge in [-0.05, 0) is 199 Å². The first-order chi connectivity index (χ1) is 28.5. The second-order valence-electron chi connectivity index (χ2n) is 20.2. The topological polar surface area (TPSA) is 16.4 Å². The lowest BCUT2D eigenvalue weighted by Gasteiger charge is -2.57. The maximum Gasteiger partial charge on any atom is 0.137 e. The summed E-state index contributed by atoms with van der Waals surface area (Å²) in [6.07, 6.45) is 16.7. The van der Waals surface area contributed by atoms with Crippen molar-refractivity contribution in [3.8, 4) is 22.3 Å². The molecule has 8 saturated carbocycles. The van der Waals surface area contributed by atoms with E-state index < -0.39 is 0 Å². The van der Waals surface area contributed by atoms with Gasteiger partial charge in [0.15, 0.2) is 0 Å². The summed E-state index contributed by atoms with van der Waals surface area (Å²) in [7, 11) is 0. The Labute approximate surface area is 343 Å². The number of nitrogens with zero attached hydrogens (tertiary/aromatic N) is 1. The zero-order valence-corrected chi connectivity index (χ0v) is 33.6. The van der Waals surface area contributed by atoms with Crippen LogP contribution in [0, 0.1) is 35.5 Å². The Morgan fingerprint density at radius 3 is 1.26 bits per heavy atom. The lowest BCUT2D eigenvalue weighted by Crippen LogP contribution is -2.48. The quantitative estimate of drug-likeness (QED) is 0.161. The molecule has 2 nitrogen and oxygen atoms in total. The number of para-hydroxylation sites is 1. The molecule has 0 saturated heterocycles. The van der Waals surface area contributed by atoms with Gasteiger partial charge in [-0.2, -0.15) is 0 Å². The van der Waals surface area contributed by atoms with Gasteiger partial charge in [0.2, 0.25) is 0 Å². The summed E-state index contributed by atoms with van der Waals surface area (Å²) >= 11 is 0. The molecule has 0 spiro atoms. The highest BCUT2D eigenvalue weighted by molar-refractivity contribution is 6.06. The third kappa shape index (κ3) is 5.29. The maximum atomic E-state index is 6.62. The molecule has 15 rings (SSSR count). The Kier molecular flexibility index (Phi) is 7.42. The van der Waals surface area contributed by atoms with E-state index in [0.29, 0.717) is 0 Å². The minimum absolute atomic E-state index is 0.242. The SMILES string of the molecule is c1ccc(-c2ccc(N(c3ccc(-c4ccccc4)c(C45CC6CC(CC(C6)C4)C5)c3)c3ccc4c(c3)oc3ccccc34)cc2C23CC4CC(CC(C4)C2)C3)cc1. The normalized spacial score (nSPS) is 30.4. The van der Waals surface area contributed by atoms with Crippen LogP contribution in [0.1, 0.15) is 88.2 Å². The summed E-state index contributed by atoms with van der Waals surface area (Å²) in [5, 5.41) is 2.37. The maximum absolute atomic E-state index is 6.62. The van der Waals surface area contributed by atoms with Crippen molar-refractivity contribution in [3.63, 3.8) is 0 Å². The minimum atomic E-state index is 0.242. The van der Waals surface area contributed by atoms with Gasteiger partial charge < -0.3 is 9.32 Å². The van der Waals surface area contributed by atoms with Crippen LogP contribution in [-0.4, -0.2) is 0 Å². The highest BCUT2D eigenvalue weighted by Gasteiger charge is 2.54. The highest BCUT2D eigenvalue weighted by atomic mass is 16.3. The van der Waals surface area contributed by atoms with E-state index in [9.17, 15) is 0 Å². The fourth-order valence-electron chi connectivity index (χ4n) is 15.1. The van der Waals surface area contributed by atoms with Gasteiger partial charge in [0.1, 0.15) is 11.2 Å². The van der Waals surface area contributed by atoms with E-state index in [2.05, 4.69) is 144 Å². The van der Waals surface area contributed by atoms with E-state index >= 15 is 0 Å². The van der Waals surface area contributed by atoms with Crippen LogP contribution in [0.4, 0.5) is 17.1 Å². The molecule has 288 valence electrons. The van der Waals surface area contributed by atoms with Gasteiger partial charge in [-0.15, -0.1) is 0 Å². The summed E-state index contributed by atoms with van der Waals surface area (Å²) < 4.78 is 6.62. The molecular formula is C56H53NO. The first kappa shape index (κ1) is 33.8. The molecule has 8 aliphatic rings. The van der Waals surface area contributed by atoms with Crippen LogP contribution < -0.4 is 4.90 Å². The Morgan fingerprint density at radius 2 is 0.776 bits per heavy atom. The van der Waals surface area contributed by atoms with E-state index in [-0.39, 0.29) is 10.8 Å². The van der Waals surface area contributed by atoms with Gasteiger partial charge in [-0.3, -0.25) is 0 Å². The Balaban J connectivity index is 1.04. The number of furan rings is 1. The average Bonchev–Trinajstić information content (AvgIpc) is 3.61. The Hall–Kier alpha value is -5.08. The lowest BCUT2D eigenvalue weighted by molar-refractivity contribution is -0.00500. The van der Waals surface area contributed by atoms with Crippen LogP contribution in [0.3, 0.4) is 0 Å². The van der Waals surface area contributed by atoms with Crippen molar-refractivity contribution in [2.45, 2.75) is 87.9 Å². The van der Waals surface area contributed by atoms with Crippen LogP contribution in [0.25, 0.3) is 44.2 Å². The van der Waals surface area contributed by atoms with Crippen molar-refractivity contribution in [2.24, 2.45) is 35.5 Å². The van der Waals surface area contributed by atoms with E-state index in [1.54, 1.807) is 11.1 Å². The van der Waals surface area contributed by atoms with Crippen molar-refractivity contribution in [1.82, 2.24) is 0 Å². The second kappa shape index (κ2) is 12.7. The van der Waals surface area contributed by atoms with Gasteiger partial charge in [-0.1, -0.05) is 91.0 Å². The lowest BCUT2D eigenvalue weighted by atomic mass is 9.47. The molecule has 2 heteroatoms. The highest BCUT2D eigenvalue weighted by Crippen LogP contribution is 2.64. The summed E-state index contributed by atoms with van der Waals surface area (Å²) in [4.78, 5) is 2.60. The number of fused-ring (bicyclic) bond motifs is 3. The number of rotatable bonds is 7. The van der Waals surface area contributed by atoms with Crippen LogP contribution in [0.5, 0.6) is 0 Å². The number of anilines is 3. The Bertz CT molecular complexity index is 2500. The fraction of sp³-hybridized carbons (Fsp3) is 0.357. The van der Waals surface area contributed by atoms with Gasteiger partial charge in [0, 0.05) is 33.9 Å². The largest absolute Gasteiger partial charge is 0.456 e. The zero-order chi connectivity index (χ0) is 38.0. The molecule has 0 radical (unpaired) electrons. The van der Waals surface area contributed by atoms with Gasteiger partial charge in [0.25, 0.3) is 0 Å². The van der Waals surface area contributed by atoms with Crippen LogP contribution in [0.15, 0.2) is 144 Å². The molecule has 0 amide bonds. The number of hydrogen-bond donors (Lipinski definition) is 0. The summed E-state index contributed by atoms with van der Waals surface area (Å²) in [5.74, 6) is 5.24. The first-order valence-corrected chi connectivity index (χ1v) is 22.7. The van der Waals surface area contributed by atoms with E-state index in [4.69, 9.17) is 4.42 Å². The smallest absolute Gasteiger partial charge is 0.137 e. The molecule has 0 aliphatic heterocycles. The number of benzene rings is 6. The molecule has 8 aliphatic carbocycles. The molecule has 6 aromatic carbocycles. The second-order valence-corrected chi connectivity index (χ2v) is 20.2. The van der Waals surface area contributed by atoms with Crippen molar-refractivity contribution < 1.29 is 4.42 Å². The van der Waals surface area contributed by atoms with Gasteiger partial charge in [-0.25, -0.2) is 0 Å². The number of hydrogen-bond acceptors (Lipinski definition) is 2. The summed E-state index contributed by atoms with van der Waals surface area (Å²) in [6, 6.07) is 53.2. The summed E-state index contributed by atoms with van der Waals surface area (Å²) in [5.41, 5.74) is 14.9. The predicted molar refractivity (Wildman–Crippen MR) is 239 cm³/mol. The standard InChI is InChI=1S/C56H53NO/c1-3-9-42(10-4-1)47-18-15-44(27-51(47)55-30-36-21-37(31-55)23-38(22-36)32-55)57(46-17-20-50-49-13-7-8-14-53(49)58-54(50)29-46)45-16-19-48(43-11-5-2-6-12-43)52(28-45)56-33-39-24-40(34-56)26-41(25-39)35-56/h1-20,27-29,36-41H,21-26,30-35H2. The van der Waals surface area contributed by atoms with Crippen molar-refractivity contribution in [1.29, 1.82) is 0 Å². The van der Waals surface area contributed by atoms with Crippen LogP contribution >= 0.6 is 0 Å². The monoisotopic (exact) mass is 755 g/mol. The zero-order valence-electron chi connectivity index (χ0n) is 33.6. The van der Waals surface area contributed by atoms with Crippen LogP contribution in [0.2, 0.25) is 0 Å². The molecule has 58 heavy (non-hydrogen) atoms. The molecule has 8 fully saturated rings. The van der Waals surface area contributed by atoms with Crippen molar-refractivity contribution >= 4 is 39.0 Å².